The van der Waals surface area contributed by atoms with Crippen molar-refractivity contribution >= 4 is 33.4 Å². The van der Waals surface area contributed by atoms with Gasteiger partial charge < -0.3 is 15.8 Å². The van der Waals surface area contributed by atoms with Crippen molar-refractivity contribution in [2.24, 2.45) is 5.73 Å². The summed E-state index contributed by atoms with van der Waals surface area (Å²) in [7, 11) is 0. The zero-order valence-corrected chi connectivity index (χ0v) is 18.5. The van der Waals surface area contributed by atoms with Crippen LogP contribution in [0.3, 0.4) is 0 Å². The molecule has 0 saturated heterocycles. The Labute approximate surface area is 192 Å². The normalized spacial score (nSPS) is 10.5. The number of halogens is 1. The van der Waals surface area contributed by atoms with E-state index in [1.807, 2.05) is 30.3 Å². The molecule has 3 aromatic carbocycles. The Bertz CT molecular complexity index is 1270. The van der Waals surface area contributed by atoms with E-state index in [1.165, 1.54) is 4.68 Å². The smallest absolute Gasteiger partial charge is 0.269 e. The Morgan fingerprint density at radius 3 is 2.50 bits per heavy atom. The fraction of sp³-hybridized carbons (Fsp3) is 0.0417. The van der Waals surface area contributed by atoms with Crippen LogP contribution in [0.25, 0.3) is 5.69 Å². The Hall–Kier alpha value is -3.91. The lowest BCUT2D eigenvalue weighted by Crippen LogP contribution is -2.14. The summed E-state index contributed by atoms with van der Waals surface area (Å²) < 4.78 is 8.41. The number of nitrogens with one attached hydrogen (secondary N) is 1. The van der Waals surface area contributed by atoms with Gasteiger partial charge in [-0.2, -0.15) is 5.10 Å². The molecule has 0 aliphatic heterocycles. The summed E-state index contributed by atoms with van der Waals surface area (Å²) in [5.74, 6) is -0.372. The highest BCUT2D eigenvalue weighted by Gasteiger charge is 2.13. The molecule has 160 valence electrons. The topological polar surface area (TPSA) is 99.2 Å². The van der Waals surface area contributed by atoms with Crippen LogP contribution in [-0.2, 0) is 6.61 Å². The van der Waals surface area contributed by atoms with Crippen LogP contribution in [0.1, 0.15) is 26.4 Å². The van der Waals surface area contributed by atoms with Gasteiger partial charge in [0.1, 0.15) is 18.1 Å². The second kappa shape index (κ2) is 9.49. The molecule has 8 heteroatoms. The standard InChI is InChI=1S/C24H19BrN4O3/c25-17-5-3-4-16(14-17)15-32-22-7-2-1-6-20(22)24(31)27-18-8-10-19(11-9-18)29-13-12-21(28-29)23(26)30/h1-14H,15H2,(H2,26,30)(H,27,31). The van der Waals surface area contributed by atoms with Crippen molar-refractivity contribution in [1.82, 2.24) is 9.78 Å². The molecule has 32 heavy (non-hydrogen) atoms. The van der Waals surface area contributed by atoms with Gasteiger partial charge in [0.25, 0.3) is 11.8 Å². The maximum atomic E-state index is 12.9. The molecule has 3 N–H and O–H groups in total. The Morgan fingerprint density at radius 1 is 1.00 bits per heavy atom. The molecule has 2 amide bonds. The van der Waals surface area contributed by atoms with Crippen LogP contribution in [0.2, 0.25) is 0 Å². The summed E-state index contributed by atoms with van der Waals surface area (Å²) in [5.41, 5.74) is 8.19. The Balaban J connectivity index is 1.45. The SMILES string of the molecule is NC(=O)c1ccn(-c2ccc(NC(=O)c3ccccc3OCc3cccc(Br)c3)cc2)n1. The first-order valence-corrected chi connectivity index (χ1v) is 10.5. The van der Waals surface area contributed by atoms with Gasteiger partial charge in [0, 0.05) is 16.4 Å². The predicted octanol–water partition coefficient (Wildman–Crippen LogP) is 4.57. The number of nitrogens with zero attached hydrogens (tertiary/aromatic N) is 2. The largest absolute Gasteiger partial charge is 0.488 e. The molecule has 7 nitrogen and oxygen atoms in total. The fourth-order valence-electron chi connectivity index (χ4n) is 3.06. The van der Waals surface area contributed by atoms with E-state index in [2.05, 4.69) is 26.3 Å². The third kappa shape index (κ3) is 5.04. The number of anilines is 1. The number of carbonyl (C=O) groups excluding carboxylic acids is 2. The maximum Gasteiger partial charge on any atom is 0.269 e. The maximum absolute atomic E-state index is 12.9. The minimum atomic E-state index is -0.589. The van der Waals surface area contributed by atoms with E-state index in [1.54, 1.807) is 54.7 Å². The van der Waals surface area contributed by atoms with Crippen molar-refractivity contribution in [3.05, 3.63) is 106 Å². The minimum absolute atomic E-state index is 0.182. The monoisotopic (exact) mass is 490 g/mol. The molecule has 0 bridgehead atoms. The zero-order valence-electron chi connectivity index (χ0n) is 16.9. The summed E-state index contributed by atoms with van der Waals surface area (Å²) >= 11 is 3.44. The van der Waals surface area contributed by atoms with Crippen molar-refractivity contribution in [2.75, 3.05) is 5.32 Å². The van der Waals surface area contributed by atoms with Crippen LogP contribution in [-0.4, -0.2) is 21.6 Å². The molecular formula is C24H19BrN4O3. The van der Waals surface area contributed by atoms with Crippen LogP contribution in [0.4, 0.5) is 5.69 Å². The lowest BCUT2D eigenvalue weighted by molar-refractivity contribution is 0.0992. The van der Waals surface area contributed by atoms with Crippen molar-refractivity contribution in [3.63, 3.8) is 0 Å². The molecule has 0 saturated carbocycles. The molecule has 0 spiro atoms. The molecule has 0 aliphatic carbocycles. The lowest BCUT2D eigenvalue weighted by Gasteiger charge is -2.12. The molecule has 0 fully saturated rings. The third-order valence-corrected chi connectivity index (χ3v) is 5.14. The summed E-state index contributed by atoms with van der Waals surface area (Å²) in [6, 6.07) is 23.5. The Kier molecular flexibility index (Phi) is 6.32. The first-order valence-electron chi connectivity index (χ1n) is 9.73. The number of para-hydroxylation sites is 1. The highest BCUT2D eigenvalue weighted by Crippen LogP contribution is 2.22. The highest BCUT2D eigenvalue weighted by molar-refractivity contribution is 9.10. The minimum Gasteiger partial charge on any atom is -0.488 e. The number of amides is 2. The summed E-state index contributed by atoms with van der Waals surface area (Å²) in [6.45, 7) is 0.343. The second-order valence-electron chi connectivity index (χ2n) is 6.93. The fourth-order valence-corrected chi connectivity index (χ4v) is 3.51. The number of benzene rings is 3. The summed E-state index contributed by atoms with van der Waals surface area (Å²) in [6.07, 6.45) is 1.65. The van der Waals surface area contributed by atoms with E-state index in [4.69, 9.17) is 10.5 Å². The van der Waals surface area contributed by atoms with Gasteiger partial charge in [0.05, 0.1) is 11.3 Å². The predicted molar refractivity (Wildman–Crippen MR) is 125 cm³/mol. The van der Waals surface area contributed by atoms with Gasteiger partial charge in [-0.05, 0) is 60.2 Å². The highest BCUT2D eigenvalue weighted by atomic mass is 79.9. The van der Waals surface area contributed by atoms with Gasteiger partial charge in [-0.25, -0.2) is 4.68 Å². The van der Waals surface area contributed by atoms with E-state index in [0.29, 0.717) is 23.6 Å². The van der Waals surface area contributed by atoms with E-state index in [0.717, 1.165) is 15.7 Å². The van der Waals surface area contributed by atoms with Crippen LogP contribution in [0.15, 0.2) is 89.5 Å². The second-order valence-corrected chi connectivity index (χ2v) is 7.84. The lowest BCUT2D eigenvalue weighted by atomic mass is 10.1. The molecule has 1 aromatic heterocycles. The van der Waals surface area contributed by atoms with Crippen LogP contribution in [0.5, 0.6) is 5.75 Å². The van der Waals surface area contributed by atoms with Crippen LogP contribution in [0, 0.1) is 0 Å². The number of hydrogen-bond donors (Lipinski definition) is 2. The Morgan fingerprint density at radius 2 is 1.78 bits per heavy atom. The molecule has 0 aliphatic rings. The average molecular weight is 491 g/mol. The number of rotatable bonds is 7. The van der Waals surface area contributed by atoms with E-state index in [9.17, 15) is 9.59 Å². The van der Waals surface area contributed by atoms with Gasteiger partial charge >= 0.3 is 0 Å². The summed E-state index contributed by atoms with van der Waals surface area (Å²) in [4.78, 5) is 24.1. The number of carbonyl (C=O) groups is 2. The first-order chi connectivity index (χ1) is 15.5. The number of hydrogen-bond acceptors (Lipinski definition) is 4. The first kappa shape index (κ1) is 21.3. The zero-order chi connectivity index (χ0) is 22.5. The van der Waals surface area contributed by atoms with Crippen molar-refractivity contribution in [2.45, 2.75) is 6.61 Å². The van der Waals surface area contributed by atoms with Gasteiger partial charge in [0.15, 0.2) is 0 Å². The third-order valence-electron chi connectivity index (χ3n) is 4.65. The summed E-state index contributed by atoms with van der Waals surface area (Å²) in [5, 5.41) is 6.99. The molecule has 1 heterocycles. The van der Waals surface area contributed by atoms with Crippen molar-refractivity contribution < 1.29 is 14.3 Å². The average Bonchev–Trinajstić information content (AvgIpc) is 3.29. The molecule has 0 radical (unpaired) electrons. The number of nitrogens with two attached hydrogens (primary N) is 1. The van der Waals surface area contributed by atoms with Gasteiger partial charge in [0.2, 0.25) is 0 Å². The van der Waals surface area contributed by atoms with E-state index < -0.39 is 5.91 Å². The quantitative estimate of drug-likeness (QED) is 0.396. The van der Waals surface area contributed by atoms with Gasteiger partial charge in [-0.3, -0.25) is 9.59 Å². The van der Waals surface area contributed by atoms with Gasteiger partial charge in [-0.15, -0.1) is 0 Å². The molecule has 4 aromatic rings. The molecule has 4 rings (SSSR count). The van der Waals surface area contributed by atoms with E-state index >= 15 is 0 Å². The van der Waals surface area contributed by atoms with Crippen LogP contribution >= 0.6 is 15.9 Å². The number of aromatic nitrogens is 2. The van der Waals surface area contributed by atoms with E-state index in [-0.39, 0.29) is 11.6 Å². The van der Waals surface area contributed by atoms with Crippen LogP contribution < -0.4 is 15.8 Å². The molecular weight excluding hydrogens is 472 g/mol. The number of primary amides is 1. The molecule has 0 atom stereocenters. The molecule has 0 unspecified atom stereocenters. The number of ether oxygens (including phenoxy) is 1. The van der Waals surface area contributed by atoms with Gasteiger partial charge in [-0.1, -0.05) is 40.2 Å². The van der Waals surface area contributed by atoms with Crippen molar-refractivity contribution in [1.29, 1.82) is 0 Å². The van der Waals surface area contributed by atoms with Crippen molar-refractivity contribution in [3.8, 4) is 11.4 Å².